The lowest BCUT2D eigenvalue weighted by Crippen LogP contribution is -2.25. The van der Waals surface area contributed by atoms with Gasteiger partial charge in [0.15, 0.2) is 0 Å². The van der Waals surface area contributed by atoms with Gasteiger partial charge in [-0.05, 0) is 94.8 Å². The average molecular weight is 508 g/mol. The Hall–Kier alpha value is -3.52. The minimum absolute atomic E-state index is 0.299. The van der Waals surface area contributed by atoms with E-state index in [9.17, 15) is 9.59 Å². The van der Waals surface area contributed by atoms with Crippen LogP contribution in [0.5, 0.6) is 0 Å². The molecule has 0 radical (unpaired) electrons. The number of nitrogens with zero attached hydrogens (tertiary/aromatic N) is 3. The molecular formula is C29H37N3O5. The van der Waals surface area contributed by atoms with Crippen molar-refractivity contribution in [3.05, 3.63) is 63.7 Å². The molecule has 0 unspecified atom stereocenters. The molecule has 0 aliphatic rings. The second-order valence-corrected chi connectivity index (χ2v) is 10.1. The number of benzene rings is 2. The number of hydrogen-bond donors (Lipinski definition) is 0. The van der Waals surface area contributed by atoms with Gasteiger partial charge in [0.25, 0.3) is 0 Å². The standard InChI is InChI=1S/C29H37N3O5/c1-8-36-25(33)13-11-23-10-12-24-27(21(23)4)30-31-32(24)14-9-15-35-18-22-16-19(2)26(20(3)17-22)28(34)37-29(5,6)7/h10-13,16-17H,8-9,14-15,18H2,1-7H3/b13-11+. The molecule has 1 aromatic heterocycles. The minimum Gasteiger partial charge on any atom is -0.463 e. The van der Waals surface area contributed by atoms with Crippen LogP contribution in [0, 0.1) is 20.8 Å². The Labute approximate surface area is 218 Å². The predicted molar refractivity (Wildman–Crippen MR) is 143 cm³/mol. The Bertz CT molecular complexity index is 1280. The summed E-state index contributed by atoms with van der Waals surface area (Å²) in [6.45, 7) is 15.2. The topological polar surface area (TPSA) is 92.5 Å². The first-order valence-electron chi connectivity index (χ1n) is 12.6. The van der Waals surface area contributed by atoms with Crippen molar-refractivity contribution in [2.75, 3.05) is 13.2 Å². The number of esters is 2. The number of aromatic nitrogens is 3. The summed E-state index contributed by atoms with van der Waals surface area (Å²) in [5.74, 6) is -0.664. The molecule has 1 heterocycles. The lowest BCUT2D eigenvalue weighted by molar-refractivity contribution is -0.137. The van der Waals surface area contributed by atoms with Gasteiger partial charge >= 0.3 is 11.9 Å². The Balaban J connectivity index is 1.55. The number of carbonyl (C=O) groups is 2. The molecule has 0 bridgehead atoms. The van der Waals surface area contributed by atoms with Gasteiger partial charge in [0.1, 0.15) is 11.1 Å². The van der Waals surface area contributed by atoms with Crippen LogP contribution < -0.4 is 0 Å². The lowest BCUT2D eigenvalue weighted by atomic mass is 9.99. The summed E-state index contributed by atoms with van der Waals surface area (Å²) in [7, 11) is 0. The zero-order valence-electron chi connectivity index (χ0n) is 22.9. The van der Waals surface area contributed by atoms with Gasteiger partial charge in [-0.1, -0.05) is 23.4 Å². The van der Waals surface area contributed by atoms with Crippen LogP contribution >= 0.6 is 0 Å². The second kappa shape index (κ2) is 12.1. The van der Waals surface area contributed by atoms with Crippen LogP contribution in [0.25, 0.3) is 17.1 Å². The van der Waals surface area contributed by atoms with Crippen LogP contribution in [0.3, 0.4) is 0 Å². The Kier molecular flexibility index (Phi) is 9.21. The van der Waals surface area contributed by atoms with Gasteiger partial charge in [0.2, 0.25) is 0 Å². The van der Waals surface area contributed by atoms with Gasteiger partial charge in [-0.3, -0.25) is 0 Å². The molecule has 0 fully saturated rings. The molecule has 0 atom stereocenters. The third kappa shape index (κ3) is 7.49. The van der Waals surface area contributed by atoms with Crippen LogP contribution in [0.1, 0.15) is 72.3 Å². The van der Waals surface area contributed by atoms with Crippen LogP contribution in [-0.2, 0) is 32.2 Å². The molecule has 3 aromatic rings. The molecule has 0 spiro atoms. The summed E-state index contributed by atoms with van der Waals surface area (Å²) >= 11 is 0. The smallest absolute Gasteiger partial charge is 0.339 e. The van der Waals surface area contributed by atoms with E-state index < -0.39 is 5.60 Å². The molecule has 198 valence electrons. The highest BCUT2D eigenvalue weighted by molar-refractivity contribution is 5.93. The van der Waals surface area contributed by atoms with Crippen molar-refractivity contribution in [3.63, 3.8) is 0 Å². The van der Waals surface area contributed by atoms with E-state index in [1.165, 1.54) is 6.08 Å². The van der Waals surface area contributed by atoms with Crippen LogP contribution in [0.15, 0.2) is 30.3 Å². The summed E-state index contributed by atoms with van der Waals surface area (Å²) in [4.78, 5) is 24.2. The SMILES string of the molecule is CCOC(=O)/C=C/c1ccc2c(nnn2CCCOCc2cc(C)c(C(=O)OC(C)(C)C)c(C)c2)c1C. The maximum absolute atomic E-state index is 12.6. The third-order valence-corrected chi connectivity index (χ3v) is 5.79. The fourth-order valence-electron chi connectivity index (χ4n) is 4.17. The lowest BCUT2D eigenvalue weighted by Gasteiger charge is -2.21. The molecule has 0 aliphatic carbocycles. The quantitative estimate of drug-likeness (QED) is 0.203. The first-order chi connectivity index (χ1) is 17.5. The highest BCUT2D eigenvalue weighted by Crippen LogP contribution is 2.22. The van der Waals surface area contributed by atoms with E-state index in [-0.39, 0.29) is 11.9 Å². The Morgan fingerprint density at radius 3 is 2.43 bits per heavy atom. The van der Waals surface area contributed by atoms with E-state index in [4.69, 9.17) is 14.2 Å². The van der Waals surface area contributed by atoms with Gasteiger partial charge in [0, 0.05) is 19.2 Å². The van der Waals surface area contributed by atoms with Gasteiger partial charge in [-0.25, -0.2) is 14.3 Å². The Morgan fingerprint density at radius 1 is 1.08 bits per heavy atom. The Morgan fingerprint density at radius 2 is 1.78 bits per heavy atom. The van der Waals surface area contributed by atoms with Crippen molar-refractivity contribution < 1.29 is 23.8 Å². The van der Waals surface area contributed by atoms with Crippen molar-refractivity contribution in [3.8, 4) is 0 Å². The van der Waals surface area contributed by atoms with Crippen LogP contribution in [0.4, 0.5) is 0 Å². The number of aryl methyl sites for hydroxylation is 4. The van der Waals surface area contributed by atoms with E-state index in [2.05, 4.69) is 10.3 Å². The van der Waals surface area contributed by atoms with Crippen LogP contribution in [-0.4, -0.2) is 45.7 Å². The van der Waals surface area contributed by atoms with E-state index >= 15 is 0 Å². The van der Waals surface area contributed by atoms with Crippen molar-refractivity contribution in [2.24, 2.45) is 0 Å². The van der Waals surface area contributed by atoms with Crippen molar-refractivity contribution in [1.29, 1.82) is 0 Å². The fourth-order valence-corrected chi connectivity index (χ4v) is 4.17. The monoisotopic (exact) mass is 507 g/mol. The average Bonchev–Trinajstić information content (AvgIpc) is 3.21. The first kappa shape index (κ1) is 28.1. The first-order valence-corrected chi connectivity index (χ1v) is 12.6. The molecule has 3 rings (SSSR count). The van der Waals surface area contributed by atoms with Gasteiger partial charge in [0.05, 0.1) is 24.3 Å². The summed E-state index contributed by atoms with van der Waals surface area (Å²) in [6, 6.07) is 7.88. The maximum Gasteiger partial charge on any atom is 0.339 e. The summed E-state index contributed by atoms with van der Waals surface area (Å²) in [6.07, 6.45) is 3.94. The summed E-state index contributed by atoms with van der Waals surface area (Å²) in [5, 5.41) is 8.64. The highest BCUT2D eigenvalue weighted by atomic mass is 16.6. The molecule has 8 nitrogen and oxygen atoms in total. The number of fused-ring (bicyclic) bond motifs is 1. The van der Waals surface area contributed by atoms with E-state index in [0.29, 0.717) is 31.9 Å². The zero-order chi connectivity index (χ0) is 27.2. The predicted octanol–water partition coefficient (Wildman–Crippen LogP) is 5.50. The molecule has 8 heteroatoms. The van der Waals surface area contributed by atoms with Crippen molar-refractivity contribution in [1.82, 2.24) is 15.0 Å². The van der Waals surface area contributed by atoms with Gasteiger partial charge < -0.3 is 14.2 Å². The molecule has 0 saturated heterocycles. The molecule has 0 aliphatic heterocycles. The van der Waals surface area contributed by atoms with Gasteiger partial charge in [-0.2, -0.15) is 0 Å². The number of carbonyl (C=O) groups excluding carboxylic acids is 2. The molecule has 37 heavy (non-hydrogen) atoms. The second-order valence-electron chi connectivity index (χ2n) is 10.1. The van der Waals surface area contributed by atoms with E-state index in [1.54, 1.807) is 13.0 Å². The summed E-state index contributed by atoms with van der Waals surface area (Å²) < 4.78 is 18.3. The highest BCUT2D eigenvalue weighted by Gasteiger charge is 2.21. The van der Waals surface area contributed by atoms with E-state index in [0.717, 1.165) is 45.3 Å². The molecule has 0 N–H and O–H groups in total. The zero-order valence-corrected chi connectivity index (χ0v) is 22.9. The fraction of sp³-hybridized carbons (Fsp3) is 0.448. The molecule has 0 amide bonds. The number of ether oxygens (including phenoxy) is 3. The molecule has 0 saturated carbocycles. The molecule has 2 aromatic carbocycles. The van der Waals surface area contributed by atoms with E-state index in [1.807, 2.05) is 70.5 Å². The normalized spacial score (nSPS) is 11.9. The van der Waals surface area contributed by atoms with Crippen molar-refractivity contribution in [2.45, 2.75) is 73.6 Å². The van der Waals surface area contributed by atoms with Crippen LogP contribution in [0.2, 0.25) is 0 Å². The van der Waals surface area contributed by atoms with Crippen molar-refractivity contribution >= 4 is 29.0 Å². The third-order valence-electron chi connectivity index (χ3n) is 5.79. The maximum atomic E-state index is 12.6. The molecular weight excluding hydrogens is 470 g/mol. The minimum atomic E-state index is -0.532. The number of hydrogen-bond acceptors (Lipinski definition) is 7. The number of rotatable bonds is 10. The summed E-state index contributed by atoms with van der Waals surface area (Å²) in [5.41, 5.74) is 6.48. The van der Waals surface area contributed by atoms with Gasteiger partial charge in [-0.15, -0.1) is 5.10 Å². The largest absolute Gasteiger partial charge is 0.463 e.